The van der Waals surface area contributed by atoms with E-state index in [1.807, 2.05) is 42.5 Å². The van der Waals surface area contributed by atoms with Crippen LogP contribution in [0.2, 0.25) is 0 Å². The average molecular weight is 326 g/mol. The lowest BCUT2D eigenvalue weighted by molar-refractivity contribution is 0.568. The van der Waals surface area contributed by atoms with Gasteiger partial charge in [0, 0.05) is 6.54 Å². The number of sulfonamides is 1. The summed E-state index contributed by atoms with van der Waals surface area (Å²) in [4.78, 5) is 0. The molecule has 2 aromatic rings. The lowest BCUT2D eigenvalue weighted by atomic mass is 9.83. The van der Waals surface area contributed by atoms with E-state index >= 15 is 0 Å². The van der Waals surface area contributed by atoms with E-state index in [0.717, 1.165) is 0 Å². The van der Waals surface area contributed by atoms with Crippen LogP contribution in [-0.2, 0) is 14.8 Å². The van der Waals surface area contributed by atoms with Crippen molar-refractivity contribution in [1.82, 2.24) is 5.32 Å². The second kappa shape index (κ2) is 6.02. The van der Waals surface area contributed by atoms with Gasteiger partial charge < -0.3 is 5.32 Å². The van der Waals surface area contributed by atoms with Crippen LogP contribution in [0.15, 0.2) is 84.6 Å². The minimum Gasteiger partial charge on any atom is -0.387 e. The van der Waals surface area contributed by atoms with Gasteiger partial charge in [0.25, 0.3) is 0 Å². The van der Waals surface area contributed by atoms with Crippen LogP contribution in [0.25, 0.3) is 0 Å². The van der Waals surface area contributed by atoms with Gasteiger partial charge >= 0.3 is 0 Å². The van der Waals surface area contributed by atoms with Crippen molar-refractivity contribution in [3.63, 3.8) is 0 Å². The van der Waals surface area contributed by atoms with Crippen molar-refractivity contribution >= 4 is 10.0 Å². The highest BCUT2D eigenvalue weighted by molar-refractivity contribution is 7.90. The summed E-state index contributed by atoms with van der Waals surface area (Å²) in [5, 5.41) is 8.87. The number of nitrogens with two attached hydrogens (primary N) is 1. The molecule has 0 atom stereocenters. The number of nitrogens with one attached hydrogen (secondary N) is 1. The van der Waals surface area contributed by atoms with Crippen molar-refractivity contribution in [2.24, 2.45) is 5.14 Å². The first kappa shape index (κ1) is 15.5. The van der Waals surface area contributed by atoms with Crippen LogP contribution in [0.4, 0.5) is 0 Å². The number of hydrogen-bond donors (Lipinski definition) is 2. The molecule has 1 heterocycles. The molecule has 0 bridgehead atoms. The largest absolute Gasteiger partial charge is 0.387 e. The summed E-state index contributed by atoms with van der Waals surface area (Å²) < 4.78 is 24.3. The Morgan fingerprint density at radius 2 is 1.43 bits per heavy atom. The molecule has 4 nitrogen and oxygen atoms in total. The van der Waals surface area contributed by atoms with E-state index in [1.165, 1.54) is 0 Å². The molecule has 1 aliphatic rings. The maximum Gasteiger partial charge on any atom is 0.227 e. The molecule has 0 amide bonds. The molecule has 0 saturated heterocycles. The molecule has 0 saturated carbocycles. The minimum absolute atomic E-state index is 0.413. The zero-order valence-corrected chi connectivity index (χ0v) is 13.3. The lowest BCUT2D eigenvalue weighted by Crippen LogP contribution is -2.46. The second-order valence-electron chi connectivity index (χ2n) is 5.39. The van der Waals surface area contributed by atoms with Crippen LogP contribution in [0.1, 0.15) is 11.1 Å². The molecular formula is C18H18N2O2S. The Bertz CT molecular complexity index is 802. The first-order chi connectivity index (χ1) is 11.1. The molecular weight excluding hydrogens is 308 g/mol. The molecule has 0 aromatic heterocycles. The molecule has 3 N–H and O–H groups in total. The summed E-state index contributed by atoms with van der Waals surface area (Å²) in [6.07, 6.45) is 5.40. The molecule has 5 heteroatoms. The fraction of sp³-hybridized carbons (Fsp3) is 0.111. The van der Waals surface area contributed by atoms with Gasteiger partial charge in [-0.15, -0.1) is 0 Å². The normalized spacial score (nSPS) is 14.9. The van der Waals surface area contributed by atoms with Crippen LogP contribution in [0.3, 0.4) is 0 Å². The predicted molar refractivity (Wildman–Crippen MR) is 92.0 cm³/mol. The smallest absolute Gasteiger partial charge is 0.227 e. The summed E-state index contributed by atoms with van der Waals surface area (Å²) in [5.74, 6) is 0. The maximum atomic E-state index is 12.8. The van der Waals surface area contributed by atoms with E-state index in [0.29, 0.717) is 23.2 Å². The zero-order valence-electron chi connectivity index (χ0n) is 12.5. The number of allylic oxidation sites excluding steroid dienone is 2. The van der Waals surface area contributed by atoms with Crippen molar-refractivity contribution in [3.8, 4) is 0 Å². The van der Waals surface area contributed by atoms with Gasteiger partial charge in [-0.3, -0.25) is 0 Å². The number of benzene rings is 2. The minimum atomic E-state index is -3.97. The van der Waals surface area contributed by atoms with Crippen LogP contribution >= 0.6 is 0 Å². The standard InChI is InChI=1S/C18H18N2O2S/c19-23(21,22)18(15-8-3-1-4-9-15,16-10-5-2-6-11-16)17-12-7-13-20-14-17/h1-13,20H,14H2,(H2,19,21,22). The number of dihydropyridines is 1. The van der Waals surface area contributed by atoms with Gasteiger partial charge in [-0.05, 0) is 29.0 Å². The van der Waals surface area contributed by atoms with E-state index in [-0.39, 0.29) is 0 Å². The van der Waals surface area contributed by atoms with Gasteiger partial charge in [0.15, 0.2) is 4.75 Å². The summed E-state index contributed by atoms with van der Waals surface area (Å²) in [6, 6.07) is 18.2. The highest BCUT2D eigenvalue weighted by Gasteiger charge is 2.48. The zero-order chi connectivity index (χ0) is 16.3. The SMILES string of the molecule is NS(=O)(=O)C(C1=CC=CNC1)(c1ccccc1)c1ccccc1. The van der Waals surface area contributed by atoms with E-state index in [2.05, 4.69) is 5.32 Å². The predicted octanol–water partition coefficient (Wildman–Crippen LogP) is 2.26. The van der Waals surface area contributed by atoms with Gasteiger partial charge in [-0.25, -0.2) is 13.6 Å². The summed E-state index contributed by atoms with van der Waals surface area (Å²) in [5.41, 5.74) is 1.97. The fourth-order valence-electron chi connectivity index (χ4n) is 3.10. The van der Waals surface area contributed by atoms with Gasteiger partial charge in [0.2, 0.25) is 10.0 Å². The molecule has 2 aromatic carbocycles. The van der Waals surface area contributed by atoms with E-state index in [1.54, 1.807) is 36.5 Å². The molecule has 0 spiro atoms. The van der Waals surface area contributed by atoms with Crippen molar-refractivity contribution in [1.29, 1.82) is 0 Å². The fourth-order valence-corrected chi connectivity index (χ4v) is 4.53. The summed E-state index contributed by atoms with van der Waals surface area (Å²) >= 11 is 0. The third-order valence-electron chi connectivity index (χ3n) is 4.04. The quantitative estimate of drug-likeness (QED) is 0.905. The van der Waals surface area contributed by atoms with Gasteiger partial charge in [-0.1, -0.05) is 66.7 Å². The lowest BCUT2D eigenvalue weighted by Gasteiger charge is -2.36. The molecule has 0 aliphatic carbocycles. The first-order valence-corrected chi connectivity index (χ1v) is 8.84. The monoisotopic (exact) mass is 326 g/mol. The molecule has 1 aliphatic heterocycles. The Labute approximate surface area is 136 Å². The van der Waals surface area contributed by atoms with E-state index < -0.39 is 14.8 Å². The van der Waals surface area contributed by atoms with Crippen molar-refractivity contribution in [2.45, 2.75) is 4.75 Å². The highest BCUT2D eigenvalue weighted by Crippen LogP contribution is 2.43. The molecule has 0 radical (unpaired) electrons. The van der Waals surface area contributed by atoms with Gasteiger partial charge in [0.05, 0.1) is 0 Å². The van der Waals surface area contributed by atoms with Crippen molar-refractivity contribution < 1.29 is 8.42 Å². The van der Waals surface area contributed by atoms with Crippen LogP contribution in [0.5, 0.6) is 0 Å². The topological polar surface area (TPSA) is 72.2 Å². The molecule has 23 heavy (non-hydrogen) atoms. The Morgan fingerprint density at radius 3 is 1.83 bits per heavy atom. The van der Waals surface area contributed by atoms with Crippen molar-refractivity contribution in [3.05, 3.63) is 95.7 Å². The second-order valence-corrected chi connectivity index (χ2v) is 7.09. The van der Waals surface area contributed by atoms with Crippen LogP contribution in [-0.4, -0.2) is 15.0 Å². The summed E-state index contributed by atoms with van der Waals surface area (Å²) in [7, 11) is -3.97. The van der Waals surface area contributed by atoms with Crippen molar-refractivity contribution in [2.75, 3.05) is 6.54 Å². The Morgan fingerprint density at radius 1 is 0.913 bits per heavy atom. The Kier molecular flexibility index (Phi) is 4.07. The molecule has 3 rings (SSSR count). The van der Waals surface area contributed by atoms with Gasteiger partial charge in [0.1, 0.15) is 0 Å². The number of rotatable bonds is 4. The third kappa shape index (κ3) is 2.58. The average Bonchev–Trinajstić information content (AvgIpc) is 2.57. The first-order valence-electron chi connectivity index (χ1n) is 7.30. The number of primary sulfonamides is 1. The summed E-state index contributed by atoms with van der Waals surface area (Å²) in [6.45, 7) is 0.413. The van der Waals surface area contributed by atoms with Crippen LogP contribution in [0, 0.1) is 0 Å². The van der Waals surface area contributed by atoms with E-state index in [4.69, 9.17) is 5.14 Å². The van der Waals surface area contributed by atoms with E-state index in [9.17, 15) is 8.42 Å². The Balaban J connectivity index is 2.40. The van der Waals surface area contributed by atoms with Crippen LogP contribution < -0.4 is 10.5 Å². The highest BCUT2D eigenvalue weighted by atomic mass is 32.2. The molecule has 0 unspecified atom stereocenters. The Hall–Kier alpha value is -2.37. The molecule has 118 valence electrons. The third-order valence-corrected chi connectivity index (χ3v) is 5.63. The number of hydrogen-bond acceptors (Lipinski definition) is 3. The molecule has 0 fully saturated rings. The van der Waals surface area contributed by atoms with Gasteiger partial charge in [-0.2, -0.15) is 0 Å². The maximum absolute atomic E-state index is 12.8.